The quantitative estimate of drug-likeness (QED) is 0.850. The molecule has 1 aromatic carbocycles. The summed E-state index contributed by atoms with van der Waals surface area (Å²) in [6, 6.07) is 5.96. The largest absolute Gasteiger partial charge is 0.493 e. The minimum Gasteiger partial charge on any atom is -0.493 e. The zero-order chi connectivity index (χ0) is 15.2. The van der Waals surface area contributed by atoms with Crippen LogP contribution >= 0.6 is 0 Å². The Labute approximate surface area is 125 Å². The highest BCUT2D eigenvalue weighted by molar-refractivity contribution is 5.46. The number of aromatic nitrogens is 2. The van der Waals surface area contributed by atoms with E-state index in [1.165, 1.54) is 5.56 Å². The second kappa shape index (κ2) is 7.13. The van der Waals surface area contributed by atoms with E-state index in [4.69, 9.17) is 9.47 Å². The summed E-state index contributed by atoms with van der Waals surface area (Å²) in [5, 5.41) is 7.77. The molecular weight excluding hydrogens is 266 g/mol. The summed E-state index contributed by atoms with van der Waals surface area (Å²) < 4.78 is 12.9. The summed E-state index contributed by atoms with van der Waals surface area (Å²) in [5.74, 6) is 1.59. The van der Waals surface area contributed by atoms with Crippen LogP contribution in [0.3, 0.4) is 0 Å². The molecule has 2 aromatic rings. The van der Waals surface area contributed by atoms with Crippen molar-refractivity contribution in [2.45, 2.75) is 26.9 Å². The van der Waals surface area contributed by atoms with E-state index >= 15 is 0 Å². The first kappa shape index (κ1) is 15.4. The lowest BCUT2D eigenvalue weighted by Crippen LogP contribution is -2.14. The van der Waals surface area contributed by atoms with E-state index in [0.717, 1.165) is 35.8 Å². The zero-order valence-electron chi connectivity index (χ0n) is 13.1. The van der Waals surface area contributed by atoms with Crippen molar-refractivity contribution in [2.24, 2.45) is 7.05 Å². The van der Waals surface area contributed by atoms with Gasteiger partial charge in [-0.2, -0.15) is 5.10 Å². The number of aryl methyl sites for hydroxylation is 2. The van der Waals surface area contributed by atoms with Crippen molar-refractivity contribution in [3.05, 3.63) is 41.2 Å². The van der Waals surface area contributed by atoms with E-state index in [0.29, 0.717) is 6.61 Å². The minimum absolute atomic E-state index is 0.627. The SMILES string of the molecule is CCOc1cccc(CNCc2cn(C)nc2C)c1OC. The van der Waals surface area contributed by atoms with Crippen LogP contribution in [0, 0.1) is 6.92 Å². The van der Waals surface area contributed by atoms with Gasteiger partial charge in [0, 0.05) is 37.5 Å². The summed E-state index contributed by atoms with van der Waals surface area (Å²) in [4.78, 5) is 0. The first-order valence-electron chi connectivity index (χ1n) is 7.14. The molecule has 0 saturated heterocycles. The highest BCUT2D eigenvalue weighted by Crippen LogP contribution is 2.30. The molecule has 0 spiro atoms. The normalized spacial score (nSPS) is 10.7. The first-order chi connectivity index (χ1) is 10.2. The van der Waals surface area contributed by atoms with Gasteiger partial charge in [-0.1, -0.05) is 12.1 Å². The van der Waals surface area contributed by atoms with Crippen LogP contribution in [0.15, 0.2) is 24.4 Å². The van der Waals surface area contributed by atoms with E-state index in [2.05, 4.69) is 10.4 Å². The smallest absolute Gasteiger partial charge is 0.165 e. The van der Waals surface area contributed by atoms with Crippen LogP contribution in [0.4, 0.5) is 0 Å². The van der Waals surface area contributed by atoms with Gasteiger partial charge in [0.1, 0.15) is 0 Å². The maximum Gasteiger partial charge on any atom is 0.165 e. The summed E-state index contributed by atoms with van der Waals surface area (Å²) in [6.45, 7) is 6.12. The number of nitrogens with one attached hydrogen (secondary N) is 1. The monoisotopic (exact) mass is 289 g/mol. The van der Waals surface area contributed by atoms with Crippen molar-refractivity contribution in [1.29, 1.82) is 0 Å². The molecule has 0 unspecified atom stereocenters. The third-order valence-corrected chi connectivity index (χ3v) is 3.31. The van der Waals surface area contributed by atoms with Crippen molar-refractivity contribution in [1.82, 2.24) is 15.1 Å². The highest BCUT2D eigenvalue weighted by Gasteiger charge is 2.10. The molecule has 0 radical (unpaired) electrons. The molecule has 0 aliphatic heterocycles. The maximum atomic E-state index is 5.59. The molecule has 0 aliphatic carbocycles. The number of methoxy groups -OCH3 is 1. The lowest BCUT2D eigenvalue weighted by atomic mass is 10.1. The van der Waals surface area contributed by atoms with Crippen LogP contribution in [0.1, 0.15) is 23.7 Å². The van der Waals surface area contributed by atoms with Crippen LogP contribution in [0.25, 0.3) is 0 Å². The van der Waals surface area contributed by atoms with E-state index in [9.17, 15) is 0 Å². The molecule has 0 bridgehead atoms. The number of hydrogen-bond donors (Lipinski definition) is 1. The first-order valence-corrected chi connectivity index (χ1v) is 7.14. The topological polar surface area (TPSA) is 48.3 Å². The number of hydrogen-bond acceptors (Lipinski definition) is 4. The summed E-state index contributed by atoms with van der Waals surface area (Å²) in [5.41, 5.74) is 3.35. The summed E-state index contributed by atoms with van der Waals surface area (Å²) in [7, 11) is 3.61. The van der Waals surface area contributed by atoms with Gasteiger partial charge < -0.3 is 14.8 Å². The predicted molar refractivity (Wildman–Crippen MR) is 82.7 cm³/mol. The number of ether oxygens (including phenoxy) is 2. The van der Waals surface area contributed by atoms with Gasteiger partial charge in [0.2, 0.25) is 0 Å². The highest BCUT2D eigenvalue weighted by atomic mass is 16.5. The van der Waals surface area contributed by atoms with E-state index < -0.39 is 0 Å². The van der Waals surface area contributed by atoms with E-state index in [1.807, 2.05) is 50.0 Å². The lowest BCUT2D eigenvalue weighted by molar-refractivity contribution is 0.308. The second-order valence-corrected chi connectivity index (χ2v) is 4.90. The van der Waals surface area contributed by atoms with Crippen LogP contribution in [0.5, 0.6) is 11.5 Å². The maximum absolute atomic E-state index is 5.59. The Kier molecular flexibility index (Phi) is 5.22. The molecule has 1 heterocycles. The van der Waals surface area contributed by atoms with Gasteiger partial charge >= 0.3 is 0 Å². The number of nitrogens with zero attached hydrogens (tertiary/aromatic N) is 2. The fraction of sp³-hybridized carbons (Fsp3) is 0.438. The minimum atomic E-state index is 0.627. The molecule has 0 amide bonds. The van der Waals surface area contributed by atoms with Gasteiger partial charge in [-0.3, -0.25) is 4.68 Å². The molecule has 5 nitrogen and oxygen atoms in total. The van der Waals surface area contributed by atoms with Gasteiger partial charge in [-0.25, -0.2) is 0 Å². The van der Waals surface area contributed by atoms with Crippen molar-refractivity contribution < 1.29 is 9.47 Å². The Morgan fingerprint density at radius 2 is 2.00 bits per heavy atom. The van der Waals surface area contributed by atoms with Gasteiger partial charge in [0.25, 0.3) is 0 Å². The van der Waals surface area contributed by atoms with Gasteiger partial charge in [0.15, 0.2) is 11.5 Å². The second-order valence-electron chi connectivity index (χ2n) is 4.90. The zero-order valence-corrected chi connectivity index (χ0v) is 13.1. The van der Waals surface area contributed by atoms with Gasteiger partial charge in [0.05, 0.1) is 19.4 Å². The molecule has 114 valence electrons. The average Bonchev–Trinajstić information content (AvgIpc) is 2.78. The Bertz CT molecular complexity index is 593. The van der Waals surface area contributed by atoms with E-state index in [-0.39, 0.29) is 0 Å². The van der Waals surface area contributed by atoms with Crippen molar-refractivity contribution in [2.75, 3.05) is 13.7 Å². The number of rotatable bonds is 7. The molecule has 2 rings (SSSR count). The number of benzene rings is 1. The molecule has 21 heavy (non-hydrogen) atoms. The van der Waals surface area contributed by atoms with Gasteiger partial charge in [-0.15, -0.1) is 0 Å². The Hall–Kier alpha value is -2.01. The molecule has 0 saturated carbocycles. The third-order valence-electron chi connectivity index (χ3n) is 3.31. The summed E-state index contributed by atoms with van der Waals surface area (Å²) >= 11 is 0. The van der Waals surface area contributed by atoms with Gasteiger partial charge in [-0.05, 0) is 19.9 Å². The molecule has 1 N–H and O–H groups in total. The fourth-order valence-electron chi connectivity index (χ4n) is 2.36. The lowest BCUT2D eigenvalue weighted by Gasteiger charge is -2.14. The number of para-hydroxylation sites is 1. The predicted octanol–water partition coefficient (Wildman–Crippen LogP) is 2.43. The molecule has 0 atom stereocenters. The van der Waals surface area contributed by atoms with Crippen LogP contribution in [0.2, 0.25) is 0 Å². The van der Waals surface area contributed by atoms with E-state index in [1.54, 1.807) is 7.11 Å². The van der Waals surface area contributed by atoms with Crippen LogP contribution in [-0.4, -0.2) is 23.5 Å². The molecular formula is C16H23N3O2. The molecule has 0 aliphatic rings. The van der Waals surface area contributed by atoms with Crippen molar-refractivity contribution in [3.63, 3.8) is 0 Å². The summed E-state index contributed by atoms with van der Waals surface area (Å²) in [6.07, 6.45) is 2.04. The Morgan fingerprint density at radius 1 is 1.24 bits per heavy atom. The molecule has 1 aromatic heterocycles. The third kappa shape index (κ3) is 3.76. The van der Waals surface area contributed by atoms with Crippen LogP contribution < -0.4 is 14.8 Å². The average molecular weight is 289 g/mol. The Morgan fingerprint density at radius 3 is 2.62 bits per heavy atom. The molecule has 0 fully saturated rings. The van der Waals surface area contributed by atoms with Crippen molar-refractivity contribution in [3.8, 4) is 11.5 Å². The Balaban J connectivity index is 2.02. The van der Waals surface area contributed by atoms with Crippen LogP contribution in [-0.2, 0) is 20.1 Å². The standard InChI is InChI=1S/C16H23N3O2/c1-5-21-15-8-6-7-13(16(15)20-4)9-17-10-14-11-19(3)18-12(14)2/h6-8,11,17H,5,9-10H2,1-4H3. The molecule has 5 heteroatoms. The fourth-order valence-corrected chi connectivity index (χ4v) is 2.36. The van der Waals surface area contributed by atoms with Crippen molar-refractivity contribution >= 4 is 0 Å².